The first-order chi connectivity index (χ1) is 7.83. The van der Waals surface area contributed by atoms with Crippen molar-refractivity contribution < 1.29 is 13.2 Å². The third-order valence-corrected chi connectivity index (χ3v) is 2.60. The summed E-state index contributed by atoms with van der Waals surface area (Å²) in [5.41, 5.74) is 0. The van der Waals surface area contributed by atoms with Gasteiger partial charge in [-0.05, 0) is 34.0 Å². The highest BCUT2D eigenvalue weighted by atomic mass is 79.9. The summed E-state index contributed by atoms with van der Waals surface area (Å²) in [5.74, 6) is 0.157. The van der Waals surface area contributed by atoms with Crippen LogP contribution in [0.3, 0.4) is 0 Å². The number of aromatic nitrogens is 2. The Labute approximate surface area is 110 Å². The molecule has 0 radical (unpaired) electrons. The van der Waals surface area contributed by atoms with Crippen molar-refractivity contribution in [2.75, 3.05) is 18.0 Å². The molecule has 1 rings (SSSR count). The molecule has 0 fully saturated rings. The Bertz CT molecular complexity index is 386. The second-order valence-corrected chi connectivity index (χ2v) is 4.54. The summed E-state index contributed by atoms with van der Waals surface area (Å²) < 4.78 is 37.6. The molecule has 0 N–H and O–H groups in total. The van der Waals surface area contributed by atoms with Crippen molar-refractivity contribution in [3.63, 3.8) is 0 Å². The van der Waals surface area contributed by atoms with Gasteiger partial charge in [-0.1, -0.05) is 6.92 Å². The molecular formula is C9H10BrClF3N3. The molecule has 0 saturated carbocycles. The first-order valence-electron chi connectivity index (χ1n) is 4.83. The van der Waals surface area contributed by atoms with Crippen LogP contribution < -0.4 is 4.90 Å². The lowest BCUT2D eigenvalue weighted by Gasteiger charge is -2.25. The van der Waals surface area contributed by atoms with Crippen molar-refractivity contribution >= 4 is 33.3 Å². The van der Waals surface area contributed by atoms with Gasteiger partial charge in [-0.15, -0.1) is 0 Å². The van der Waals surface area contributed by atoms with Gasteiger partial charge in [0.05, 0.1) is 4.47 Å². The van der Waals surface area contributed by atoms with Crippen LogP contribution in [0.5, 0.6) is 0 Å². The standard InChI is InChI=1S/C9H10BrClF3N3/c1-2-3-17(5-9(12,13)14)7-6(10)4-15-8(11)16-7/h4H,2-3,5H2,1H3. The molecule has 3 nitrogen and oxygen atoms in total. The molecule has 0 aliphatic heterocycles. The van der Waals surface area contributed by atoms with Crippen molar-refractivity contribution in [2.24, 2.45) is 0 Å². The highest BCUT2D eigenvalue weighted by molar-refractivity contribution is 9.10. The van der Waals surface area contributed by atoms with E-state index in [0.29, 0.717) is 10.9 Å². The molecule has 0 aromatic carbocycles. The molecule has 0 atom stereocenters. The molecule has 1 aromatic heterocycles. The van der Waals surface area contributed by atoms with Gasteiger partial charge >= 0.3 is 6.18 Å². The second-order valence-electron chi connectivity index (χ2n) is 3.35. The maximum absolute atomic E-state index is 12.4. The average molecular weight is 333 g/mol. The highest BCUT2D eigenvalue weighted by Gasteiger charge is 2.31. The van der Waals surface area contributed by atoms with Crippen LogP contribution in [0.25, 0.3) is 0 Å². The zero-order valence-electron chi connectivity index (χ0n) is 8.93. The number of alkyl halides is 3. The average Bonchev–Trinajstić information content (AvgIpc) is 2.19. The largest absolute Gasteiger partial charge is 0.405 e. The van der Waals surface area contributed by atoms with Crippen LogP contribution >= 0.6 is 27.5 Å². The van der Waals surface area contributed by atoms with E-state index in [0.717, 1.165) is 4.90 Å². The Hall–Kier alpha value is -0.560. The monoisotopic (exact) mass is 331 g/mol. The molecule has 0 amide bonds. The minimum absolute atomic E-state index is 0.0773. The van der Waals surface area contributed by atoms with E-state index in [-0.39, 0.29) is 17.6 Å². The maximum Gasteiger partial charge on any atom is 0.405 e. The fraction of sp³-hybridized carbons (Fsp3) is 0.556. The van der Waals surface area contributed by atoms with Crippen LogP contribution in [0, 0.1) is 0 Å². The topological polar surface area (TPSA) is 29.0 Å². The van der Waals surface area contributed by atoms with Crippen molar-refractivity contribution in [3.8, 4) is 0 Å². The third-order valence-electron chi connectivity index (χ3n) is 1.86. The normalized spacial score (nSPS) is 11.6. The Morgan fingerprint density at radius 2 is 2.12 bits per heavy atom. The lowest BCUT2D eigenvalue weighted by atomic mass is 10.4. The predicted molar refractivity (Wildman–Crippen MR) is 63.3 cm³/mol. The van der Waals surface area contributed by atoms with E-state index >= 15 is 0 Å². The molecule has 8 heteroatoms. The summed E-state index contributed by atoms with van der Waals surface area (Å²) >= 11 is 8.70. The smallest absolute Gasteiger partial charge is 0.346 e. The molecule has 0 spiro atoms. The van der Waals surface area contributed by atoms with E-state index in [1.165, 1.54) is 6.20 Å². The first kappa shape index (κ1) is 14.5. The lowest BCUT2D eigenvalue weighted by molar-refractivity contribution is -0.119. The van der Waals surface area contributed by atoms with Crippen molar-refractivity contribution in [1.82, 2.24) is 9.97 Å². The SMILES string of the molecule is CCCN(CC(F)(F)F)c1nc(Cl)ncc1Br. The van der Waals surface area contributed by atoms with Gasteiger partial charge < -0.3 is 4.90 Å². The Balaban J connectivity index is 3.00. The van der Waals surface area contributed by atoms with Crippen LogP contribution in [0.1, 0.15) is 13.3 Å². The molecule has 0 aliphatic rings. The molecule has 0 unspecified atom stereocenters. The zero-order valence-corrected chi connectivity index (χ0v) is 11.3. The summed E-state index contributed by atoms with van der Waals surface area (Å²) in [6.07, 6.45) is -2.38. The van der Waals surface area contributed by atoms with Gasteiger partial charge in [0.1, 0.15) is 12.4 Å². The van der Waals surface area contributed by atoms with E-state index in [1.807, 2.05) is 0 Å². The molecule has 0 aliphatic carbocycles. The number of hydrogen-bond acceptors (Lipinski definition) is 3. The van der Waals surface area contributed by atoms with Crippen molar-refractivity contribution in [3.05, 3.63) is 16.0 Å². The molecule has 0 saturated heterocycles. The van der Waals surface area contributed by atoms with Crippen molar-refractivity contribution in [2.45, 2.75) is 19.5 Å². The highest BCUT2D eigenvalue weighted by Crippen LogP contribution is 2.27. The molecule has 1 heterocycles. The molecule has 96 valence electrons. The molecule has 1 aromatic rings. The number of anilines is 1. The molecule has 0 bridgehead atoms. The number of rotatable bonds is 4. The van der Waals surface area contributed by atoms with Crippen LogP contribution in [0.15, 0.2) is 10.7 Å². The summed E-state index contributed by atoms with van der Waals surface area (Å²) in [6, 6.07) is 0. The number of hydrogen-bond donors (Lipinski definition) is 0. The minimum atomic E-state index is -4.29. The lowest BCUT2D eigenvalue weighted by Crippen LogP contribution is -2.35. The van der Waals surface area contributed by atoms with Gasteiger partial charge in [-0.3, -0.25) is 0 Å². The van der Waals surface area contributed by atoms with Gasteiger partial charge in [0.15, 0.2) is 0 Å². The summed E-state index contributed by atoms with van der Waals surface area (Å²) in [4.78, 5) is 8.61. The van der Waals surface area contributed by atoms with E-state index < -0.39 is 12.7 Å². The quantitative estimate of drug-likeness (QED) is 0.788. The van der Waals surface area contributed by atoms with E-state index in [9.17, 15) is 13.2 Å². The minimum Gasteiger partial charge on any atom is -0.346 e. The number of halogens is 5. The van der Waals surface area contributed by atoms with Crippen LogP contribution in [0.4, 0.5) is 19.0 Å². The van der Waals surface area contributed by atoms with Crippen LogP contribution in [-0.4, -0.2) is 29.2 Å². The third kappa shape index (κ3) is 4.67. The van der Waals surface area contributed by atoms with Crippen molar-refractivity contribution in [1.29, 1.82) is 0 Å². The van der Waals surface area contributed by atoms with E-state index in [2.05, 4.69) is 25.9 Å². The van der Waals surface area contributed by atoms with E-state index in [1.54, 1.807) is 6.92 Å². The second kappa shape index (κ2) is 5.86. The molecule has 17 heavy (non-hydrogen) atoms. The van der Waals surface area contributed by atoms with Gasteiger partial charge in [-0.25, -0.2) is 4.98 Å². The van der Waals surface area contributed by atoms with E-state index in [4.69, 9.17) is 11.6 Å². The summed E-state index contributed by atoms with van der Waals surface area (Å²) in [6.45, 7) is 0.971. The fourth-order valence-electron chi connectivity index (χ4n) is 1.31. The predicted octanol–water partition coefficient (Wildman–Crippen LogP) is 3.67. The van der Waals surface area contributed by atoms with Gasteiger partial charge in [0, 0.05) is 12.7 Å². The first-order valence-corrected chi connectivity index (χ1v) is 6.00. The Morgan fingerprint density at radius 1 is 1.47 bits per heavy atom. The van der Waals surface area contributed by atoms with Gasteiger partial charge in [0.25, 0.3) is 0 Å². The number of nitrogens with zero attached hydrogens (tertiary/aromatic N) is 3. The Morgan fingerprint density at radius 3 is 2.65 bits per heavy atom. The van der Waals surface area contributed by atoms with Crippen LogP contribution in [-0.2, 0) is 0 Å². The van der Waals surface area contributed by atoms with Crippen LogP contribution in [0.2, 0.25) is 5.28 Å². The zero-order chi connectivity index (χ0) is 13.1. The van der Waals surface area contributed by atoms with Gasteiger partial charge in [-0.2, -0.15) is 18.2 Å². The Kier molecular flexibility index (Phi) is 5.00. The van der Waals surface area contributed by atoms with Gasteiger partial charge in [0.2, 0.25) is 5.28 Å². The molecular weight excluding hydrogens is 322 g/mol. The maximum atomic E-state index is 12.4. The fourth-order valence-corrected chi connectivity index (χ4v) is 1.88. The summed E-state index contributed by atoms with van der Waals surface area (Å²) in [7, 11) is 0. The summed E-state index contributed by atoms with van der Waals surface area (Å²) in [5, 5.41) is -0.0773.